The van der Waals surface area contributed by atoms with Gasteiger partial charge in [0.1, 0.15) is 17.9 Å². The molecule has 3 atom stereocenters. The fraction of sp³-hybridized carbons (Fsp3) is 0.476. The Hall–Kier alpha value is -5.59. The minimum atomic E-state index is -0.975. The van der Waals surface area contributed by atoms with Crippen molar-refractivity contribution in [2.75, 3.05) is 42.5 Å². The van der Waals surface area contributed by atoms with Crippen LogP contribution in [-0.4, -0.2) is 113 Å². The second kappa shape index (κ2) is 15.6. The Kier molecular flexibility index (Phi) is 10.2. The van der Waals surface area contributed by atoms with Crippen LogP contribution in [0.4, 0.5) is 11.5 Å². The third-order valence-electron chi connectivity index (χ3n) is 12.8. The van der Waals surface area contributed by atoms with Crippen molar-refractivity contribution in [1.82, 2.24) is 30.6 Å². The first-order chi connectivity index (χ1) is 28.1. The molecule has 3 aromatic rings. The Morgan fingerprint density at radius 3 is 2.33 bits per heavy atom. The van der Waals surface area contributed by atoms with Crippen molar-refractivity contribution in [3.63, 3.8) is 0 Å². The molecule has 0 radical (unpaired) electrons. The van der Waals surface area contributed by atoms with Crippen LogP contribution >= 0.6 is 11.6 Å². The van der Waals surface area contributed by atoms with Crippen molar-refractivity contribution < 1.29 is 28.7 Å². The van der Waals surface area contributed by atoms with Gasteiger partial charge in [-0.05, 0) is 99.7 Å². The van der Waals surface area contributed by atoms with Crippen LogP contribution in [0, 0.1) is 17.2 Å². The molecule has 7 heterocycles. The average molecular weight is 806 g/mol. The molecule has 7 aliphatic rings. The van der Waals surface area contributed by atoms with Gasteiger partial charge < -0.3 is 19.9 Å². The van der Waals surface area contributed by atoms with Crippen molar-refractivity contribution in [2.45, 2.75) is 88.1 Å². The van der Waals surface area contributed by atoms with E-state index in [4.69, 9.17) is 21.6 Å². The number of nitrogens with one attached hydrogen (secondary N) is 2. The quantitative estimate of drug-likeness (QED) is 0.300. The average Bonchev–Trinajstić information content (AvgIpc) is 3.48. The summed E-state index contributed by atoms with van der Waals surface area (Å²) in [6, 6.07) is 16.0. The van der Waals surface area contributed by atoms with Crippen LogP contribution in [0.3, 0.4) is 0 Å². The van der Waals surface area contributed by atoms with Crippen molar-refractivity contribution in [3.05, 3.63) is 75.9 Å². The molecule has 0 spiro atoms. The molecule has 58 heavy (non-hydrogen) atoms. The number of benzene rings is 2. The summed E-state index contributed by atoms with van der Waals surface area (Å²) >= 11 is 6.15. The summed E-state index contributed by atoms with van der Waals surface area (Å²) in [6.07, 6.45) is 6.62. The SMILES string of the molecule is N#Cc1ccc(OC2CCC(NC(=O)c3ccc(N4CCC(CN5C6CC5CN(c5ccc7c(c5)C(=O)N(C5CCC(=O)NC5=O)C7=O)C6)CC4)nn3)CC2)cc1Cl. The fourth-order valence-electron chi connectivity index (χ4n) is 9.55. The van der Waals surface area contributed by atoms with Gasteiger partial charge in [0.15, 0.2) is 11.5 Å². The van der Waals surface area contributed by atoms with Crippen LogP contribution in [0.5, 0.6) is 5.75 Å². The molecule has 6 aliphatic heterocycles. The standard InChI is InChI=1S/C42H44ClN9O6/c43-34-19-31(5-1-25(34)20-44)58-30-6-2-26(3-7-30)45-39(54)35-9-11-37(48-47-35)49-15-13-24(14-16-49)21-51-28-17-29(51)23-50(22-28)27-4-8-32-33(18-27)42(57)52(41(32)56)36-10-12-38(53)46-40(36)55/h1,4-5,8-9,11,18-19,24,26,28-30,36H,2-3,6-7,10,12-17,21-23H2,(H,45,54)(H,46,53,55). The number of halogens is 1. The molecule has 5 saturated heterocycles. The summed E-state index contributed by atoms with van der Waals surface area (Å²) in [5.74, 6) is -0.211. The third-order valence-corrected chi connectivity index (χ3v) is 13.1. The highest BCUT2D eigenvalue weighted by molar-refractivity contribution is 6.31. The smallest absolute Gasteiger partial charge is 0.272 e. The van der Waals surface area contributed by atoms with Crippen molar-refractivity contribution in [2.24, 2.45) is 5.92 Å². The number of anilines is 2. The predicted octanol–water partition coefficient (Wildman–Crippen LogP) is 3.70. The number of amides is 5. The highest BCUT2D eigenvalue weighted by Gasteiger charge is 2.47. The van der Waals surface area contributed by atoms with E-state index in [1.165, 1.54) is 0 Å². The van der Waals surface area contributed by atoms with Gasteiger partial charge in [0, 0.05) is 69.0 Å². The summed E-state index contributed by atoms with van der Waals surface area (Å²) in [6.45, 7) is 4.47. The maximum atomic E-state index is 13.4. The largest absolute Gasteiger partial charge is 0.490 e. The minimum Gasteiger partial charge on any atom is -0.490 e. The van der Waals surface area contributed by atoms with Gasteiger partial charge in [0.2, 0.25) is 11.8 Å². The first-order valence-corrected chi connectivity index (χ1v) is 20.6. The lowest BCUT2D eigenvalue weighted by molar-refractivity contribution is -0.136. The number of rotatable bonds is 9. The molecule has 3 unspecified atom stereocenters. The number of carbonyl (C=O) groups is 5. The van der Waals surface area contributed by atoms with Crippen molar-refractivity contribution in [1.29, 1.82) is 5.26 Å². The van der Waals surface area contributed by atoms with E-state index in [1.807, 2.05) is 12.1 Å². The van der Waals surface area contributed by atoms with E-state index >= 15 is 0 Å². The molecule has 16 heteroatoms. The normalized spacial score (nSPS) is 26.1. The first-order valence-electron chi connectivity index (χ1n) is 20.2. The topological polar surface area (TPSA) is 181 Å². The Labute approximate surface area is 340 Å². The van der Waals surface area contributed by atoms with Crippen molar-refractivity contribution in [3.8, 4) is 11.8 Å². The Morgan fingerprint density at radius 1 is 0.879 bits per heavy atom. The first kappa shape index (κ1) is 38.0. The predicted molar refractivity (Wildman–Crippen MR) is 211 cm³/mol. The lowest BCUT2D eigenvalue weighted by Gasteiger charge is -2.58. The molecule has 10 rings (SSSR count). The van der Waals surface area contributed by atoms with Gasteiger partial charge in [-0.2, -0.15) is 5.26 Å². The summed E-state index contributed by atoms with van der Waals surface area (Å²) in [7, 11) is 0. The number of aromatic nitrogens is 2. The number of hydrogen-bond acceptors (Lipinski definition) is 12. The molecule has 2 bridgehead atoms. The molecule has 6 fully saturated rings. The van der Waals surface area contributed by atoms with Gasteiger partial charge >= 0.3 is 0 Å². The van der Waals surface area contributed by atoms with E-state index in [1.54, 1.807) is 36.4 Å². The van der Waals surface area contributed by atoms with Gasteiger partial charge in [-0.15, -0.1) is 10.2 Å². The summed E-state index contributed by atoms with van der Waals surface area (Å²) in [4.78, 5) is 71.9. The molecular formula is C42H44ClN9O6. The van der Waals surface area contributed by atoms with Gasteiger partial charge in [0.05, 0.1) is 27.8 Å². The van der Waals surface area contributed by atoms with Gasteiger partial charge in [-0.3, -0.25) is 39.1 Å². The van der Waals surface area contributed by atoms with E-state index < -0.39 is 29.7 Å². The van der Waals surface area contributed by atoms with E-state index in [0.29, 0.717) is 51.2 Å². The summed E-state index contributed by atoms with van der Waals surface area (Å²) in [5.41, 5.74) is 2.23. The van der Waals surface area contributed by atoms with Gasteiger partial charge in [-0.25, -0.2) is 0 Å². The highest BCUT2D eigenvalue weighted by atomic mass is 35.5. The second-order valence-corrected chi connectivity index (χ2v) is 16.8. The van der Waals surface area contributed by atoms with Crippen LogP contribution in [0.2, 0.25) is 5.02 Å². The molecular weight excluding hydrogens is 762 g/mol. The Morgan fingerprint density at radius 2 is 1.64 bits per heavy atom. The molecule has 300 valence electrons. The summed E-state index contributed by atoms with van der Waals surface area (Å²) in [5, 5.41) is 23.5. The number of ether oxygens (including phenoxy) is 1. The maximum absolute atomic E-state index is 13.4. The minimum absolute atomic E-state index is 0.0189. The second-order valence-electron chi connectivity index (χ2n) is 16.3. The van der Waals surface area contributed by atoms with Crippen LogP contribution in [0.1, 0.15) is 94.6 Å². The van der Waals surface area contributed by atoms with E-state index in [0.717, 1.165) is 94.1 Å². The van der Waals surface area contributed by atoms with Gasteiger partial charge in [0.25, 0.3) is 17.7 Å². The lowest BCUT2D eigenvalue weighted by Crippen LogP contribution is -2.69. The zero-order valence-corrected chi connectivity index (χ0v) is 32.7. The number of piperazine rings is 1. The molecule has 2 N–H and O–H groups in total. The van der Waals surface area contributed by atoms with Crippen LogP contribution in [0.15, 0.2) is 48.5 Å². The number of fused-ring (bicyclic) bond motifs is 3. The van der Waals surface area contributed by atoms with Crippen molar-refractivity contribution >= 4 is 52.6 Å². The van der Waals surface area contributed by atoms with E-state index in [-0.39, 0.29) is 30.9 Å². The van der Waals surface area contributed by atoms with Crippen LogP contribution < -0.4 is 25.2 Å². The van der Waals surface area contributed by atoms with E-state index in [2.05, 4.69) is 41.6 Å². The Balaban J connectivity index is 0.714. The molecule has 5 amide bonds. The zero-order chi connectivity index (χ0) is 40.1. The number of nitriles is 1. The Bertz CT molecular complexity index is 2190. The number of carbonyl (C=O) groups excluding carboxylic acids is 5. The van der Waals surface area contributed by atoms with Crippen LogP contribution in [0.25, 0.3) is 0 Å². The number of piperidine rings is 3. The van der Waals surface area contributed by atoms with E-state index in [9.17, 15) is 24.0 Å². The third kappa shape index (κ3) is 7.35. The van der Waals surface area contributed by atoms with Gasteiger partial charge in [-0.1, -0.05) is 11.6 Å². The summed E-state index contributed by atoms with van der Waals surface area (Å²) < 4.78 is 6.08. The highest BCUT2D eigenvalue weighted by Crippen LogP contribution is 2.38. The zero-order valence-electron chi connectivity index (χ0n) is 31.9. The molecule has 1 saturated carbocycles. The molecule has 1 aliphatic carbocycles. The maximum Gasteiger partial charge on any atom is 0.272 e. The fourth-order valence-corrected chi connectivity index (χ4v) is 9.76. The molecule has 1 aromatic heterocycles. The number of hydrogen-bond donors (Lipinski definition) is 2. The number of imide groups is 2. The molecule has 2 aromatic carbocycles. The number of nitrogens with zero attached hydrogens (tertiary/aromatic N) is 7. The van der Waals surface area contributed by atoms with Crippen LogP contribution in [-0.2, 0) is 9.59 Å². The monoisotopic (exact) mass is 805 g/mol. The lowest BCUT2D eigenvalue weighted by atomic mass is 9.84. The molecule has 15 nitrogen and oxygen atoms in total.